The lowest BCUT2D eigenvalue weighted by Gasteiger charge is -2.49. The molecular weight excluding hydrogens is 693 g/mol. The number of amides is 2. The van der Waals surface area contributed by atoms with Crippen molar-refractivity contribution >= 4 is 69.6 Å². The maximum atomic E-state index is 14.2. The second-order valence-corrected chi connectivity index (χ2v) is 13.7. The van der Waals surface area contributed by atoms with Gasteiger partial charge in [0.05, 0.1) is 0 Å². The average Bonchev–Trinajstić information content (AvgIpc) is 3.59. The Labute approximate surface area is 301 Å². The van der Waals surface area contributed by atoms with Crippen LogP contribution < -0.4 is 11.1 Å². The van der Waals surface area contributed by atoms with E-state index in [4.69, 9.17) is 21.7 Å². The second-order valence-electron chi connectivity index (χ2n) is 10.8. The largest absolute Gasteiger partial charge is 0.448 e. The molecular formula is C36H30N6O5S3. The predicted octanol–water partition coefficient (Wildman–Crippen LogP) is 4.87. The monoisotopic (exact) mass is 722 g/mol. The van der Waals surface area contributed by atoms with Gasteiger partial charge in [0.1, 0.15) is 22.8 Å². The van der Waals surface area contributed by atoms with Crippen LogP contribution in [0.15, 0.2) is 112 Å². The van der Waals surface area contributed by atoms with Gasteiger partial charge in [0.2, 0.25) is 0 Å². The first-order chi connectivity index (χ1) is 24.4. The van der Waals surface area contributed by atoms with Gasteiger partial charge in [-0.2, -0.15) is 0 Å². The van der Waals surface area contributed by atoms with E-state index in [1.807, 2.05) is 84.3 Å². The number of hydrogen-bond acceptors (Lipinski definition) is 12. The molecule has 0 spiro atoms. The van der Waals surface area contributed by atoms with Crippen molar-refractivity contribution in [1.82, 2.24) is 20.2 Å². The molecule has 0 radical (unpaired) electrons. The number of hydrogen-bond donors (Lipinski definition) is 2. The quantitative estimate of drug-likeness (QED) is 0.0489. The zero-order valence-corrected chi connectivity index (χ0v) is 28.8. The van der Waals surface area contributed by atoms with Crippen LogP contribution in [0, 0.1) is 12.3 Å². The Bertz CT molecular complexity index is 1940. The number of rotatable bonds is 13. The number of benzene rings is 2. The molecule has 2 aromatic carbocycles. The molecule has 4 aromatic rings. The molecule has 3 N–H and O–H groups in total. The van der Waals surface area contributed by atoms with Gasteiger partial charge in [-0.3, -0.25) is 19.5 Å². The first-order valence-corrected chi connectivity index (χ1v) is 18.2. The number of fused-ring (bicyclic) bond motifs is 1. The summed E-state index contributed by atoms with van der Waals surface area (Å²) >= 11 is 4.05. The topological polar surface area (TPSA) is 149 Å². The Hall–Kier alpha value is -5.36. The number of nitrogens with two attached hydrogens (primary N) is 1. The summed E-state index contributed by atoms with van der Waals surface area (Å²) in [6, 6.07) is 21.7. The minimum absolute atomic E-state index is 0.168. The molecule has 252 valence electrons. The number of aromatic nitrogens is 2. The minimum atomic E-state index is -0.956. The average molecular weight is 723 g/mol. The predicted molar refractivity (Wildman–Crippen MR) is 196 cm³/mol. The van der Waals surface area contributed by atoms with Gasteiger partial charge >= 0.3 is 5.97 Å². The van der Waals surface area contributed by atoms with E-state index in [1.165, 1.54) is 28.4 Å². The first kappa shape index (κ1) is 34.5. The van der Waals surface area contributed by atoms with Crippen LogP contribution in [0.4, 0.5) is 5.13 Å². The summed E-state index contributed by atoms with van der Waals surface area (Å²) in [7, 11) is 0. The van der Waals surface area contributed by atoms with Crippen molar-refractivity contribution in [3.8, 4) is 12.3 Å². The van der Waals surface area contributed by atoms with Crippen LogP contribution >= 0.6 is 34.9 Å². The van der Waals surface area contributed by atoms with Crippen molar-refractivity contribution in [1.29, 1.82) is 0 Å². The fourth-order valence-electron chi connectivity index (χ4n) is 5.22. The lowest BCUT2D eigenvalue weighted by Crippen LogP contribution is -2.71. The standard InChI is InChI=1S/C36H30N6O5S3/c1-2-17-46-41-28(27-22-50-36(37)39-27)32(43)40-29-33(44)42-30(26(21-49-34(29)42)20-48-18-15-23-10-9-16-38-19-23)35(45)47-31(24-11-5-3-6-12-24)25-13-7-4-8-14-25/h1,3-16,18-19,22,29,31,34H,17,20-21H2,(H2,37,39)(H,40,43)/b18-15-,41-28?/t29?,34-/m1/s1. The molecule has 1 unspecified atom stereocenters. The number of pyridine rings is 1. The van der Waals surface area contributed by atoms with Crippen molar-refractivity contribution in [3.63, 3.8) is 0 Å². The smallest absolute Gasteiger partial charge is 0.356 e. The molecule has 0 saturated carbocycles. The molecule has 2 aliphatic rings. The summed E-state index contributed by atoms with van der Waals surface area (Å²) in [6.45, 7) is -0.174. The number of nitrogens with one attached hydrogen (secondary N) is 1. The minimum Gasteiger partial charge on any atom is -0.448 e. The van der Waals surface area contributed by atoms with Gasteiger partial charge in [0, 0.05) is 29.3 Å². The van der Waals surface area contributed by atoms with Gasteiger partial charge in [0.15, 0.2) is 23.6 Å². The molecule has 0 bridgehead atoms. The highest BCUT2D eigenvalue weighted by molar-refractivity contribution is 8.02. The normalized spacial score (nSPS) is 17.2. The Kier molecular flexibility index (Phi) is 11.3. The molecule has 14 heteroatoms. The Morgan fingerprint density at radius 1 is 1.14 bits per heavy atom. The number of esters is 1. The molecule has 2 aromatic heterocycles. The van der Waals surface area contributed by atoms with Gasteiger partial charge in [-0.1, -0.05) is 77.8 Å². The summed E-state index contributed by atoms with van der Waals surface area (Å²) in [4.78, 5) is 56.3. The van der Waals surface area contributed by atoms with E-state index in [9.17, 15) is 14.4 Å². The highest BCUT2D eigenvalue weighted by atomic mass is 32.2. The van der Waals surface area contributed by atoms with Crippen LogP contribution in [-0.2, 0) is 24.0 Å². The summed E-state index contributed by atoms with van der Waals surface area (Å²) in [5, 5.41) is 9.75. The Morgan fingerprint density at radius 3 is 2.52 bits per heavy atom. The SMILES string of the molecule is C#CCON=C(C(=O)NC1C(=O)N2C(C(=O)OC(c3ccccc3)c3ccccc3)=C(CS/C=C\c3cccnc3)CS[C@H]12)c1csc(N)n1. The molecule has 6 rings (SSSR count). The number of β-lactam (4-membered cyclic amide) rings is 1. The molecule has 1 fully saturated rings. The van der Waals surface area contributed by atoms with Crippen molar-refractivity contribution in [3.05, 3.63) is 130 Å². The van der Waals surface area contributed by atoms with E-state index >= 15 is 0 Å². The van der Waals surface area contributed by atoms with Gasteiger partial charge in [-0.25, -0.2) is 9.78 Å². The number of nitrogens with zero attached hydrogens (tertiary/aromatic N) is 4. The number of terminal acetylenes is 1. The lowest BCUT2D eigenvalue weighted by molar-refractivity contribution is -0.154. The van der Waals surface area contributed by atoms with Crippen molar-refractivity contribution in [2.45, 2.75) is 17.5 Å². The van der Waals surface area contributed by atoms with E-state index in [0.29, 0.717) is 11.5 Å². The maximum absolute atomic E-state index is 14.2. The molecule has 50 heavy (non-hydrogen) atoms. The summed E-state index contributed by atoms with van der Waals surface area (Å²) < 4.78 is 6.25. The summed E-state index contributed by atoms with van der Waals surface area (Å²) in [5.41, 5.74) is 9.19. The van der Waals surface area contributed by atoms with E-state index in [-0.39, 0.29) is 28.8 Å². The van der Waals surface area contributed by atoms with E-state index in [2.05, 4.69) is 26.4 Å². The summed E-state index contributed by atoms with van der Waals surface area (Å²) in [6.07, 6.45) is 9.93. The number of thiazole rings is 1. The van der Waals surface area contributed by atoms with Crippen LogP contribution in [0.2, 0.25) is 0 Å². The van der Waals surface area contributed by atoms with Crippen LogP contribution in [0.5, 0.6) is 0 Å². The highest BCUT2D eigenvalue weighted by Crippen LogP contribution is 2.42. The summed E-state index contributed by atoms with van der Waals surface area (Å²) in [5.74, 6) is 1.33. The molecule has 2 aliphatic heterocycles. The number of thioether (sulfide) groups is 2. The van der Waals surface area contributed by atoms with Crippen molar-refractivity contribution in [2.24, 2.45) is 5.16 Å². The number of carbonyl (C=O) groups is 3. The number of anilines is 1. The third kappa shape index (κ3) is 7.92. The second kappa shape index (κ2) is 16.4. The van der Waals surface area contributed by atoms with Crippen LogP contribution in [0.3, 0.4) is 0 Å². The molecule has 11 nitrogen and oxygen atoms in total. The third-order valence-electron chi connectivity index (χ3n) is 7.54. The van der Waals surface area contributed by atoms with Crippen molar-refractivity contribution in [2.75, 3.05) is 23.8 Å². The van der Waals surface area contributed by atoms with Crippen LogP contribution in [0.1, 0.15) is 28.5 Å². The van der Waals surface area contributed by atoms with Gasteiger partial charge in [-0.15, -0.1) is 41.3 Å². The number of ether oxygens (including phenoxy) is 1. The Balaban J connectivity index is 1.26. The highest BCUT2D eigenvalue weighted by Gasteiger charge is 2.55. The zero-order valence-electron chi connectivity index (χ0n) is 26.4. The van der Waals surface area contributed by atoms with E-state index < -0.39 is 35.3 Å². The molecule has 4 heterocycles. The van der Waals surface area contributed by atoms with Gasteiger partial charge in [0.25, 0.3) is 11.8 Å². The molecule has 2 atom stereocenters. The maximum Gasteiger partial charge on any atom is 0.356 e. The fourth-order valence-corrected chi connectivity index (χ4v) is 8.04. The van der Waals surface area contributed by atoms with Crippen LogP contribution in [0.25, 0.3) is 6.08 Å². The van der Waals surface area contributed by atoms with E-state index in [0.717, 1.165) is 33.6 Å². The van der Waals surface area contributed by atoms with Crippen molar-refractivity contribution < 1.29 is 24.0 Å². The Morgan fingerprint density at radius 2 is 1.88 bits per heavy atom. The molecule has 2 amide bonds. The van der Waals surface area contributed by atoms with E-state index in [1.54, 1.807) is 17.8 Å². The number of nitrogen functional groups attached to an aromatic ring is 1. The molecule has 1 saturated heterocycles. The van der Waals surface area contributed by atoms with Crippen LogP contribution in [-0.4, -0.2) is 67.9 Å². The zero-order chi connectivity index (χ0) is 34.9. The lowest BCUT2D eigenvalue weighted by atomic mass is 10.0. The fraction of sp³-hybridized carbons (Fsp3) is 0.167. The van der Waals surface area contributed by atoms with Gasteiger partial charge in [-0.05, 0) is 39.8 Å². The molecule has 0 aliphatic carbocycles. The third-order valence-corrected chi connectivity index (χ3v) is 10.4. The first-order valence-electron chi connectivity index (χ1n) is 15.3. The number of carbonyl (C=O) groups excluding carboxylic acids is 3. The van der Waals surface area contributed by atoms with Gasteiger partial charge < -0.3 is 20.6 Å². The number of oxime groups is 1.